The number of hydrogen-bond donors (Lipinski definition) is 2. The van der Waals surface area contributed by atoms with E-state index in [0.29, 0.717) is 6.26 Å². The van der Waals surface area contributed by atoms with Crippen LogP contribution >= 0.6 is 0 Å². The number of rotatable bonds is 10. The van der Waals surface area contributed by atoms with E-state index in [1.807, 2.05) is 6.08 Å². The van der Waals surface area contributed by atoms with E-state index in [2.05, 4.69) is 13.0 Å². The predicted molar refractivity (Wildman–Crippen MR) is 74.2 cm³/mol. The van der Waals surface area contributed by atoms with Crippen LogP contribution in [0.5, 0.6) is 0 Å². The number of unbranched alkanes of at least 4 members (excludes halogenated alkanes) is 7. The fourth-order valence-corrected chi connectivity index (χ4v) is 1.59. The highest BCUT2D eigenvalue weighted by Gasteiger charge is 1.88. The molecule has 0 unspecified atom stereocenters. The maximum absolute atomic E-state index is 8.89. The van der Waals surface area contributed by atoms with Gasteiger partial charge in [-0.25, -0.2) is 0 Å². The summed E-state index contributed by atoms with van der Waals surface area (Å²) in [6.45, 7) is 2.24. The third-order valence-electron chi connectivity index (χ3n) is 2.62. The van der Waals surface area contributed by atoms with Crippen molar-refractivity contribution in [2.75, 3.05) is 0 Å². The van der Waals surface area contributed by atoms with E-state index >= 15 is 0 Å². The first-order chi connectivity index (χ1) is 8.31. The van der Waals surface area contributed by atoms with Crippen LogP contribution in [0.25, 0.3) is 0 Å². The number of aliphatic hydroxyl groups is 2. The minimum atomic E-state index is -0.120. The summed E-state index contributed by atoms with van der Waals surface area (Å²) in [6.07, 6.45) is 18.2. The van der Waals surface area contributed by atoms with Crippen LogP contribution in [0.3, 0.4) is 0 Å². The average Bonchev–Trinajstić information content (AvgIpc) is 2.35. The molecule has 0 saturated carbocycles. The fourth-order valence-electron chi connectivity index (χ4n) is 1.59. The molecule has 2 N–H and O–H groups in total. The lowest BCUT2D eigenvalue weighted by molar-refractivity contribution is 0.377. The first-order valence-corrected chi connectivity index (χ1v) is 6.67. The van der Waals surface area contributed by atoms with E-state index in [1.54, 1.807) is 6.08 Å². The summed E-state index contributed by atoms with van der Waals surface area (Å²) >= 11 is 0. The Labute approximate surface area is 105 Å². The van der Waals surface area contributed by atoms with Gasteiger partial charge in [0.2, 0.25) is 0 Å². The van der Waals surface area contributed by atoms with Crippen molar-refractivity contribution in [3.8, 4) is 0 Å². The third kappa shape index (κ3) is 12.8. The quantitative estimate of drug-likeness (QED) is 0.312. The molecule has 0 amide bonds. The Morgan fingerprint density at radius 1 is 0.941 bits per heavy atom. The Kier molecular flexibility index (Phi) is 12.0. The normalized spacial score (nSPS) is 12.9. The van der Waals surface area contributed by atoms with E-state index in [1.165, 1.54) is 51.0 Å². The lowest BCUT2D eigenvalue weighted by atomic mass is 10.1. The van der Waals surface area contributed by atoms with Gasteiger partial charge in [0.1, 0.15) is 12.0 Å². The molecule has 0 radical (unpaired) electrons. The molecule has 0 aliphatic carbocycles. The highest BCUT2D eigenvalue weighted by molar-refractivity contribution is 5.14. The molecule has 0 bridgehead atoms. The van der Waals surface area contributed by atoms with Gasteiger partial charge in [-0.05, 0) is 18.9 Å². The van der Waals surface area contributed by atoms with E-state index in [4.69, 9.17) is 10.2 Å². The topological polar surface area (TPSA) is 40.5 Å². The summed E-state index contributed by atoms with van der Waals surface area (Å²) in [4.78, 5) is 0. The second-order valence-corrected chi connectivity index (χ2v) is 4.25. The SMILES string of the molecule is CCCCCCCCCC=CC=CC(O)=CO. The Morgan fingerprint density at radius 2 is 1.59 bits per heavy atom. The van der Waals surface area contributed by atoms with Gasteiger partial charge in [0.25, 0.3) is 0 Å². The molecule has 0 rings (SSSR count). The van der Waals surface area contributed by atoms with Crippen LogP contribution in [0.15, 0.2) is 36.3 Å². The molecule has 0 aliphatic heterocycles. The zero-order valence-electron chi connectivity index (χ0n) is 10.9. The average molecular weight is 238 g/mol. The fraction of sp³-hybridized carbons (Fsp3) is 0.600. The molecule has 0 saturated heterocycles. The Balaban J connectivity index is 3.28. The van der Waals surface area contributed by atoms with Crippen LogP contribution in [0.2, 0.25) is 0 Å². The maximum Gasteiger partial charge on any atom is 0.149 e. The minimum Gasteiger partial charge on any atom is -0.512 e. The van der Waals surface area contributed by atoms with Crippen molar-refractivity contribution in [3.63, 3.8) is 0 Å². The molecule has 0 aromatic carbocycles. The van der Waals surface area contributed by atoms with E-state index in [0.717, 1.165) is 6.42 Å². The van der Waals surface area contributed by atoms with Crippen molar-refractivity contribution < 1.29 is 10.2 Å². The van der Waals surface area contributed by atoms with Crippen LogP contribution in [0.4, 0.5) is 0 Å². The van der Waals surface area contributed by atoms with Crippen molar-refractivity contribution >= 4 is 0 Å². The molecule has 0 spiro atoms. The molecule has 0 aromatic rings. The molecule has 0 aliphatic rings. The van der Waals surface area contributed by atoms with Gasteiger partial charge in [0, 0.05) is 0 Å². The Bertz CT molecular complexity index is 239. The zero-order valence-corrected chi connectivity index (χ0v) is 10.9. The Hall–Kier alpha value is -1.18. The lowest BCUT2D eigenvalue weighted by Gasteiger charge is -1.98. The van der Waals surface area contributed by atoms with Gasteiger partial charge in [-0.1, -0.05) is 63.7 Å². The van der Waals surface area contributed by atoms with Gasteiger partial charge in [0.05, 0.1) is 0 Å². The molecular weight excluding hydrogens is 212 g/mol. The van der Waals surface area contributed by atoms with Crippen molar-refractivity contribution in [1.29, 1.82) is 0 Å². The second-order valence-electron chi connectivity index (χ2n) is 4.25. The van der Waals surface area contributed by atoms with Crippen LogP contribution in [0, 0.1) is 0 Å². The van der Waals surface area contributed by atoms with Gasteiger partial charge in [-0.3, -0.25) is 0 Å². The van der Waals surface area contributed by atoms with Crippen LogP contribution < -0.4 is 0 Å². The van der Waals surface area contributed by atoms with Crippen molar-refractivity contribution in [2.24, 2.45) is 0 Å². The van der Waals surface area contributed by atoms with Crippen LogP contribution in [0.1, 0.15) is 58.3 Å². The summed E-state index contributed by atoms with van der Waals surface area (Å²) in [5.41, 5.74) is 0. The molecule has 17 heavy (non-hydrogen) atoms. The van der Waals surface area contributed by atoms with Crippen LogP contribution in [-0.4, -0.2) is 10.2 Å². The minimum absolute atomic E-state index is 0.120. The predicted octanol–water partition coefficient (Wildman–Crippen LogP) is 5.20. The molecular formula is C15H26O2. The highest BCUT2D eigenvalue weighted by atomic mass is 16.3. The molecule has 0 atom stereocenters. The van der Waals surface area contributed by atoms with E-state index in [9.17, 15) is 0 Å². The number of allylic oxidation sites excluding steroid dienone is 4. The smallest absolute Gasteiger partial charge is 0.149 e. The van der Waals surface area contributed by atoms with Gasteiger partial charge in [0.15, 0.2) is 0 Å². The molecule has 0 fully saturated rings. The number of aliphatic hydroxyl groups excluding tert-OH is 2. The largest absolute Gasteiger partial charge is 0.512 e. The summed E-state index contributed by atoms with van der Waals surface area (Å²) in [5.74, 6) is -0.120. The monoisotopic (exact) mass is 238 g/mol. The number of hydrogen-bond acceptors (Lipinski definition) is 2. The zero-order chi connectivity index (χ0) is 12.8. The first kappa shape index (κ1) is 15.8. The summed E-state index contributed by atoms with van der Waals surface area (Å²) in [5, 5.41) is 17.3. The van der Waals surface area contributed by atoms with Gasteiger partial charge in [-0.2, -0.15) is 0 Å². The van der Waals surface area contributed by atoms with Crippen LogP contribution in [-0.2, 0) is 0 Å². The lowest BCUT2D eigenvalue weighted by Crippen LogP contribution is -1.78. The highest BCUT2D eigenvalue weighted by Crippen LogP contribution is 2.08. The standard InChI is InChI=1S/C15H26O2/c1-2-3-4-5-6-7-8-9-10-11-12-13-15(17)14-16/h10-14,16-17H,2-9H2,1H3. The third-order valence-corrected chi connectivity index (χ3v) is 2.62. The van der Waals surface area contributed by atoms with Crippen molar-refractivity contribution in [1.82, 2.24) is 0 Å². The maximum atomic E-state index is 8.89. The molecule has 98 valence electrons. The van der Waals surface area contributed by atoms with Crippen molar-refractivity contribution in [3.05, 3.63) is 36.3 Å². The van der Waals surface area contributed by atoms with E-state index < -0.39 is 0 Å². The second kappa shape index (κ2) is 12.9. The van der Waals surface area contributed by atoms with Gasteiger partial charge >= 0.3 is 0 Å². The summed E-state index contributed by atoms with van der Waals surface area (Å²) in [6, 6.07) is 0. The summed E-state index contributed by atoms with van der Waals surface area (Å²) in [7, 11) is 0. The molecule has 2 heteroatoms. The molecule has 2 nitrogen and oxygen atoms in total. The Morgan fingerprint density at radius 3 is 2.24 bits per heavy atom. The van der Waals surface area contributed by atoms with Crippen molar-refractivity contribution in [2.45, 2.75) is 58.3 Å². The van der Waals surface area contributed by atoms with E-state index in [-0.39, 0.29) is 5.76 Å². The van der Waals surface area contributed by atoms with Gasteiger partial charge in [-0.15, -0.1) is 0 Å². The van der Waals surface area contributed by atoms with Gasteiger partial charge < -0.3 is 10.2 Å². The molecule has 0 heterocycles. The summed E-state index contributed by atoms with van der Waals surface area (Å²) < 4.78 is 0. The molecule has 0 aromatic heterocycles. The first-order valence-electron chi connectivity index (χ1n) is 6.67.